The van der Waals surface area contributed by atoms with Crippen molar-refractivity contribution in [3.05, 3.63) is 57.4 Å². The van der Waals surface area contributed by atoms with Crippen molar-refractivity contribution < 1.29 is 13.5 Å². The maximum atomic E-state index is 13.3. The Kier molecular flexibility index (Phi) is 4.78. The van der Waals surface area contributed by atoms with Gasteiger partial charge < -0.3 is 9.64 Å². The average molecular weight is 362 g/mol. The lowest BCUT2D eigenvalue weighted by Crippen LogP contribution is -2.38. The first-order valence-electron chi connectivity index (χ1n) is 8.82. The van der Waals surface area contributed by atoms with Gasteiger partial charge in [-0.1, -0.05) is 13.0 Å². The summed E-state index contributed by atoms with van der Waals surface area (Å²) in [5, 5.41) is 0. The van der Waals surface area contributed by atoms with Gasteiger partial charge in [0, 0.05) is 19.5 Å². The fourth-order valence-electron chi connectivity index (χ4n) is 3.32. The Hall–Kier alpha value is -2.37. The summed E-state index contributed by atoms with van der Waals surface area (Å²) in [6, 6.07) is 5.73. The monoisotopic (exact) mass is 362 g/mol. The van der Waals surface area contributed by atoms with Crippen molar-refractivity contribution in [1.29, 1.82) is 0 Å². The molecule has 1 aliphatic rings. The summed E-state index contributed by atoms with van der Waals surface area (Å²) in [5.41, 5.74) is 1.13. The summed E-state index contributed by atoms with van der Waals surface area (Å²) in [6.07, 6.45) is 1.00. The second kappa shape index (κ2) is 6.74. The minimum absolute atomic E-state index is 0.0229. The minimum atomic E-state index is -0.864. The van der Waals surface area contributed by atoms with Crippen molar-refractivity contribution in [2.45, 2.75) is 45.7 Å². The molecule has 4 nitrogen and oxygen atoms in total. The highest BCUT2D eigenvalue weighted by atomic mass is 19.2. The molecule has 140 valence electrons. The second-order valence-electron chi connectivity index (χ2n) is 7.31. The Morgan fingerprint density at radius 2 is 1.92 bits per heavy atom. The van der Waals surface area contributed by atoms with Gasteiger partial charge in [-0.15, -0.1) is 0 Å². The van der Waals surface area contributed by atoms with Gasteiger partial charge in [-0.3, -0.25) is 9.36 Å². The topological polar surface area (TPSA) is 34.5 Å². The summed E-state index contributed by atoms with van der Waals surface area (Å²) in [6.45, 7) is 7.03. The molecule has 2 aromatic rings. The number of hydrogen-bond acceptors (Lipinski definition) is 3. The fraction of sp³-hybridized carbons (Fsp3) is 0.450. The summed E-state index contributed by atoms with van der Waals surface area (Å²) in [4.78, 5) is 14.9. The van der Waals surface area contributed by atoms with E-state index < -0.39 is 11.6 Å². The van der Waals surface area contributed by atoms with E-state index in [4.69, 9.17) is 4.74 Å². The molecule has 1 aliphatic heterocycles. The second-order valence-corrected chi connectivity index (χ2v) is 7.31. The van der Waals surface area contributed by atoms with Crippen molar-refractivity contribution in [2.24, 2.45) is 0 Å². The lowest BCUT2D eigenvalue weighted by Gasteiger charge is -2.28. The predicted octanol–water partition coefficient (Wildman–Crippen LogP) is 3.54. The van der Waals surface area contributed by atoms with Crippen molar-refractivity contribution >= 4 is 5.82 Å². The van der Waals surface area contributed by atoms with Crippen LogP contribution in [0.1, 0.15) is 31.9 Å². The molecule has 0 amide bonds. The van der Waals surface area contributed by atoms with E-state index in [2.05, 4.69) is 18.7 Å². The Bertz CT molecular complexity index is 890. The Labute approximate surface area is 152 Å². The molecule has 0 aliphatic carbocycles. The van der Waals surface area contributed by atoms with Gasteiger partial charge in [0.2, 0.25) is 0 Å². The third kappa shape index (κ3) is 3.20. The summed E-state index contributed by atoms with van der Waals surface area (Å²) in [7, 11) is 1.97. The number of ether oxygens (including phenoxy) is 1. The van der Waals surface area contributed by atoms with Gasteiger partial charge in [0.15, 0.2) is 11.6 Å². The van der Waals surface area contributed by atoms with Gasteiger partial charge in [0.1, 0.15) is 11.6 Å². The number of benzene rings is 1. The van der Waals surface area contributed by atoms with Crippen molar-refractivity contribution in [1.82, 2.24) is 4.57 Å². The molecular formula is C20H24F2N2O2. The normalized spacial score (nSPS) is 15.2. The Morgan fingerprint density at radius 1 is 1.19 bits per heavy atom. The van der Waals surface area contributed by atoms with Gasteiger partial charge in [-0.25, -0.2) is 8.78 Å². The van der Waals surface area contributed by atoms with Crippen LogP contribution in [0, 0.1) is 11.6 Å². The zero-order valence-corrected chi connectivity index (χ0v) is 15.6. The van der Waals surface area contributed by atoms with E-state index in [9.17, 15) is 13.6 Å². The zero-order valence-electron chi connectivity index (χ0n) is 15.6. The van der Waals surface area contributed by atoms with E-state index in [-0.39, 0.29) is 17.7 Å². The number of fused-ring (bicyclic) bond motifs is 1. The first-order chi connectivity index (χ1) is 12.2. The highest BCUT2D eigenvalue weighted by molar-refractivity contribution is 5.52. The van der Waals surface area contributed by atoms with E-state index in [1.165, 1.54) is 12.1 Å². The lowest BCUT2D eigenvalue weighted by molar-refractivity contribution is 0.317. The largest absolute Gasteiger partial charge is 0.493 e. The number of nitrogens with zero attached hydrogens (tertiary/aromatic N) is 2. The molecule has 6 heteroatoms. The fourth-order valence-corrected chi connectivity index (χ4v) is 3.32. The number of hydrogen-bond donors (Lipinski definition) is 0. The third-order valence-electron chi connectivity index (χ3n) is 5.12. The van der Waals surface area contributed by atoms with Crippen LogP contribution in [0.2, 0.25) is 0 Å². The molecule has 0 fully saturated rings. The van der Waals surface area contributed by atoms with Gasteiger partial charge >= 0.3 is 0 Å². The minimum Gasteiger partial charge on any atom is -0.493 e. The quantitative estimate of drug-likeness (QED) is 0.816. The van der Waals surface area contributed by atoms with E-state index in [1.54, 1.807) is 4.57 Å². The number of rotatable bonds is 5. The SMILES string of the molecule is CCc1c(OCCc2ccc(F)c(F)c2)cc2n(c1=O)CC(C)(C)N2C. The Balaban J connectivity index is 1.82. The summed E-state index contributed by atoms with van der Waals surface area (Å²) < 4.78 is 34.0. The van der Waals surface area contributed by atoms with Crippen molar-refractivity contribution in [3.63, 3.8) is 0 Å². The van der Waals surface area contributed by atoms with Crippen LogP contribution >= 0.6 is 0 Å². The lowest BCUT2D eigenvalue weighted by atomic mass is 10.1. The molecule has 0 atom stereocenters. The number of pyridine rings is 1. The van der Waals surface area contributed by atoms with Crippen LogP contribution in [-0.4, -0.2) is 23.8 Å². The predicted molar refractivity (Wildman–Crippen MR) is 98.1 cm³/mol. The molecule has 0 N–H and O–H groups in total. The molecule has 0 saturated carbocycles. The molecule has 0 saturated heterocycles. The van der Waals surface area contributed by atoms with Crippen LogP contribution in [0.5, 0.6) is 5.75 Å². The van der Waals surface area contributed by atoms with Gasteiger partial charge in [-0.05, 0) is 38.0 Å². The van der Waals surface area contributed by atoms with Crippen LogP contribution < -0.4 is 15.2 Å². The summed E-state index contributed by atoms with van der Waals surface area (Å²) >= 11 is 0. The van der Waals surface area contributed by atoms with E-state index >= 15 is 0 Å². The molecule has 0 radical (unpaired) electrons. The molecule has 0 bridgehead atoms. The average Bonchev–Trinajstić information content (AvgIpc) is 2.82. The maximum absolute atomic E-state index is 13.3. The van der Waals surface area contributed by atoms with Gasteiger partial charge in [0.25, 0.3) is 5.56 Å². The molecule has 0 unspecified atom stereocenters. The van der Waals surface area contributed by atoms with Crippen LogP contribution in [0.3, 0.4) is 0 Å². The van der Waals surface area contributed by atoms with E-state index in [0.29, 0.717) is 36.3 Å². The summed E-state index contributed by atoms with van der Waals surface area (Å²) in [5.74, 6) is -0.326. The standard InChI is InChI=1S/C20H24F2N2O2/c1-5-14-17(26-9-8-13-6-7-15(21)16(22)10-13)11-18-23(4)20(2,3)12-24(18)19(14)25/h6-7,10-11H,5,8-9,12H2,1-4H3. The number of halogens is 2. The zero-order chi connectivity index (χ0) is 19.1. The molecule has 1 aromatic heterocycles. The molecule has 0 spiro atoms. The van der Waals surface area contributed by atoms with Crippen molar-refractivity contribution in [3.8, 4) is 5.75 Å². The van der Waals surface area contributed by atoms with Crippen LogP contribution in [0.25, 0.3) is 0 Å². The number of likely N-dealkylation sites (N-methyl/N-ethyl adjacent to an activating group) is 1. The van der Waals surface area contributed by atoms with Crippen LogP contribution in [0.15, 0.2) is 29.1 Å². The molecule has 1 aromatic carbocycles. The molecule has 3 rings (SSSR count). The van der Waals surface area contributed by atoms with Gasteiger partial charge in [-0.2, -0.15) is 0 Å². The molecule has 26 heavy (non-hydrogen) atoms. The Morgan fingerprint density at radius 3 is 2.58 bits per heavy atom. The van der Waals surface area contributed by atoms with Gasteiger partial charge in [0.05, 0.1) is 24.3 Å². The first-order valence-corrected chi connectivity index (χ1v) is 8.82. The smallest absolute Gasteiger partial charge is 0.259 e. The molecule has 2 heterocycles. The van der Waals surface area contributed by atoms with E-state index in [0.717, 1.165) is 11.9 Å². The van der Waals surface area contributed by atoms with Crippen LogP contribution in [0.4, 0.5) is 14.6 Å². The van der Waals surface area contributed by atoms with Crippen molar-refractivity contribution in [2.75, 3.05) is 18.6 Å². The first kappa shape index (κ1) is 18.4. The maximum Gasteiger partial charge on any atom is 0.259 e. The molecular weight excluding hydrogens is 338 g/mol. The number of aromatic nitrogens is 1. The third-order valence-corrected chi connectivity index (χ3v) is 5.12. The van der Waals surface area contributed by atoms with Crippen LogP contribution in [-0.2, 0) is 19.4 Å². The highest BCUT2D eigenvalue weighted by Crippen LogP contribution is 2.34. The number of anilines is 1. The van der Waals surface area contributed by atoms with E-state index in [1.807, 2.05) is 20.0 Å². The highest BCUT2D eigenvalue weighted by Gasteiger charge is 2.35.